The summed E-state index contributed by atoms with van der Waals surface area (Å²) < 4.78 is 21.9. The van der Waals surface area contributed by atoms with Gasteiger partial charge in [0.05, 0.1) is 32.0 Å². The van der Waals surface area contributed by atoms with Gasteiger partial charge in [-0.3, -0.25) is 14.4 Å². The second-order valence-electron chi connectivity index (χ2n) is 12.4. The number of hydrogen-bond acceptors (Lipinski definition) is 9. The highest BCUT2D eigenvalue weighted by Gasteiger charge is 2.70. The highest BCUT2D eigenvalue weighted by atomic mass is 16.6. The molecule has 1 aromatic rings. The number of furan rings is 1. The van der Waals surface area contributed by atoms with Crippen LogP contribution in [0.1, 0.15) is 72.0 Å². The van der Waals surface area contributed by atoms with Crippen LogP contribution in [0.5, 0.6) is 0 Å². The van der Waals surface area contributed by atoms with E-state index >= 15 is 0 Å². The molecule has 1 aliphatic heterocycles. The fourth-order valence-corrected chi connectivity index (χ4v) is 8.57. The summed E-state index contributed by atoms with van der Waals surface area (Å²) in [6, 6.07) is 1.80. The minimum absolute atomic E-state index is 0.0967. The molecule has 3 aliphatic carbocycles. The third-order valence-corrected chi connectivity index (χ3v) is 10.1. The Morgan fingerprint density at radius 3 is 2.50 bits per heavy atom. The molecule has 9 heteroatoms. The molecule has 4 aliphatic rings. The van der Waals surface area contributed by atoms with Crippen molar-refractivity contribution in [2.24, 2.45) is 34.0 Å². The summed E-state index contributed by atoms with van der Waals surface area (Å²) in [5.41, 5.74) is 0.102. The van der Waals surface area contributed by atoms with Crippen molar-refractivity contribution in [3.63, 3.8) is 0 Å². The Morgan fingerprint density at radius 2 is 1.89 bits per heavy atom. The molecule has 9 nitrogen and oxygen atoms in total. The number of fused-ring (bicyclic) bond motifs is 5. The van der Waals surface area contributed by atoms with E-state index in [1.807, 2.05) is 20.8 Å². The lowest BCUT2D eigenvalue weighted by Crippen LogP contribution is -2.69. The Hall–Kier alpha value is -2.94. The molecule has 2 bridgehead atoms. The van der Waals surface area contributed by atoms with Crippen LogP contribution in [-0.2, 0) is 33.4 Å². The SMILES string of the molecule is COC(=O)[C@H](O)[C@H]1C(C)(C)[C@H](OC(C)=O)C2CC3=C4CC(=O)O[C@@H](c5ccoc5)[C@]4(C)CC[C@@H]3[C@@]1(C)C2=O. The van der Waals surface area contributed by atoms with E-state index < -0.39 is 58.3 Å². The van der Waals surface area contributed by atoms with E-state index in [2.05, 4.69) is 6.92 Å². The van der Waals surface area contributed by atoms with Crippen molar-refractivity contribution in [2.45, 2.75) is 78.6 Å². The summed E-state index contributed by atoms with van der Waals surface area (Å²) in [5.74, 6) is -3.72. The van der Waals surface area contributed by atoms with Crippen molar-refractivity contribution in [1.29, 1.82) is 0 Å². The Kier molecular flexibility index (Phi) is 6.17. The number of methoxy groups -OCH3 is 1. The molecule has 2 heterocycles. The predicted octanol–water partition coefficient (Wildman–Crippen LogP) is 3.70. The number of aliphatic hydroxyl groups excluding tert-OH is 1. The van der Waals surface area contributed by atoms with Crippen LogP contribution in [0.4, 0.5) is 0 Å². The number of allylic oxidation sites excluding steroid dienone is 1. The Bertz CT molecular complexity index is 1210. The lowest BCUT2D eigenvalue weighted by molar-refractivity contribution is -0.212. The fourth-order valence-electron chi connectivity index (χ4n) is 8.57. The molecule has 1 aromatic heterocycles. The molecule has 0 spiro atoms. The van der Waals surface area contributed by atoms with Crippen molar-refractivity contribution in [3.8, 4) is 0 Å². The first-order valence-corrected chi connectivity index (χ1v) is 13.2. The Labute approximate surface area is 221 Å². The Balaban J connectivity index is 1.72. The minimum atomic E-state index is -1.60. The number of hydrogen-bond donors (Lipinski definition) is 1. The number of esters is 3. The van der Waals surface area contributed by atoms with Crippen molar-refractivity contribution >= 4 is 23.7 Å². The molecule has 206 valence electrons. The maximum Gasteiger partial charge on any atom is 0.335 e. The van der Waals surface area contributed by atoms with Gasteiger partial charge < -0.3 is 23.7 Å². The number of ketones is 1. The summed E-state index contributed by atoms with van der Waals surface area (Å²) in [7, 11) is 1.20. The molecule has 1 N–H and O–H groups in total. The largest absolute Gasteiger partial charge is 0.472 e. The van der Waals surface area contributed by atoms with Crippen LogP contribution in [0, 0.1) is 34.0 Å². The zero-order valence-electron chi connectivity index (χ0n) is 22.7. The zero-order chi connectivity index (χ0) is 27.8. The van der Waals surface area contributed by atoms with Gasteiger partial charge in [-0.1, -0.05) is 33.3 Å². The zero-order valence-corrected chi connectivity index (χ0v) is 22.7. The molecule has 2 saturated carbocycles. The van der Waals surface area contributed by atoms with Crippen molar-refractivity contribution < 1.29 is 42.9 Å². The second kappa shape index (κ2) is 8.79. The molecule has 0 radical (unpaired) electrons. The first-order chi connectivity index (χ1) is 17.8. The molecule has 5 rings (SSSR count). The number of carbonyl (C=O) groups excluding carboxylic acids is 4. The maximum absolute atomic E-state index is 14.3. The van der Waals surface area contributed by atoms with E-state index in [-0.39, 0.29) is 24.1 Å². The normalized spacial score (nSPS) is 38.4. The van der Waals surface area contributed by atoms with Crippen molar-refractivity contribution in [2.75, 3.05) is 7.11 Å². The average Bonchev–Trinajstić information content (AvgIpc) is 3.38. The number of cyclic esters (lactones) is 1. The van der Waals surface area contributed by atoms with Crippen molar-refractivity contribution in [1.82, 2.24) is 0 Å². The minimum Gasteiger partial charge on any atom is -0.472 e. The predicted molar refractivity (Wildman–Crippen MR) is 132 cm³/mol. The summed E-state index contributed by atoms with van der Waals surface area (Å²) in [6.45, 7) is 8.88. The van der Waals surface area contributed by atoms with E-state index in [4.69, 9.17) is 18.6 Å². The van der Waals surface area contributed by atoms with E-state index in [1.165, 1.54) is 14.0 Å². The molecule has 38 heavy (non-hydrogen) atoms. The highest BCUT2D eigenvalue weighted by Crippen LogP contribution is 2.68. The molecule has 0 aromatic carbocycles. The van der Waals surface area contributed by atoms with Gasteiger partial charge in [0.1, 0.15) is 18.0 Å². The van der Waals surface area contributed by atoms with Crippen LogP contribution in [0.3, 0.4) is 0 Å². The molecule has 1 unspecified atom stereocenters. The number of Topliss-reactive ketones (excluding diaryl/α,β-unsaturated/α-hetero) is 1. The van der Waals surface area contributed by atoms with Crippen LogP contribution in [-0.4, -0.2) is 48.1 Å². The molecule has 1 saturated heterocycles. The number of carbonyl (C=O) groups is 4. The van der Waals surface area contributed by atoms with Gasteiger partial charge in [-0.2, -0.15) is 0 Å². The summed E-state index contributed by atoms with van der Waals surface area (Å²) in [4.78, 5) is 52.1. The first kappa shape index (κ1) is 26.7. The van der Waals surface area contributed by atoms with Crippen LogP contribution in [0.15, 0.2) is 34.2 Å². The van der Waals surface area contributed by atoms with Gasteiger partial charge in [0, 0.05) is 34.7 Å². The summed E-state index contributed by atoms with van der Waals surface area (Å²) in [5, 5.41) is 11.3. The molecular formula is C29H36O9. The topological polar surface area (TPSA) is 129 Å². The standard InChI is InChI=1S/C29H36O9/c1-14(30)37-25-17-11-16-18(29(5,23(17)33)22(27(25,2)3)21(32)26(34)35-6)7-9-28(4)19(16)12-20(31)38-24(28)15-8-10-36-13-15/h8,10,13,17-18,21-22,24-25,32H,7,9,11-12H2,1-6H3/t17?,18-,21+,22-,24-,25+,28+,29+/m0/s1. The number of rotatable bonds is 4. The van der Waals surface area contributed by atoms with Crippen LogP contribution >= 0.6 is 0 Å². The molecule has 8 atom stereocenters. The van der Waals surface area contributed by atoms with Gasteiger partial charge in [0.25, 0.3) is 0 Å². The third kappa shape index (κ3) is 3.53. The van der Waals surface area contributed by atoms with Gasteiger partial charge >= 0.3 is 17.9 Å². The number of aliphatic hydroxyl groups is 1. The van der Waals surface area contributed by atoms with Gasteiger partial charge in [-0.05, 0) is 36.8 Å². The van der Waals surface area contributed by atoms with Gasteiger partial charge in [0.15, 0.2) is 6.10 Å². The van der Waals surface area contributed by atoms with E-state index in [1.54, 1.807) is 18.6 Å². The summed E-state index contributed by atoms with van der Waals surface area (Å²) >= 11 is 0. The van der Waals surface area contributed by atoms with Crippen LogP contribution < -0.4 is 0 Å². The fraction of sp³-hybridized carbons (Fsp3) is 0.655. The van der Waals surface area contributed by atoms with E-state index in [9.17, 15) is 24.3 Å². The van der Waals surface area contributed by atoms with Gasteiger partial charge in [-0.15, -0.1) is 0 Å². The Morgan fingerprint density at radius 1 is 1.18 bits per heavy atom. The lowest BCUT2D eigenvalue weighted by Gasteiger charge is -2.64. The van der Waals surface area contributed by atoms with Crippen molar-refractivity contribution in [3.05, 3.63) is 35.3 Å². The maximum atomic E-state index is 14.3. The first-order valence-electron chi connectivity index (χ1n) is 13.2. The van der Waals surface area contributed by atoms with E-state index in [0.29, 0.717) is 19.3 Å². The van der Waals surface area contributed by atoms with Crippen LogP contribution in [0.2, 0.25) is 0 Å². The lowest BCUT2D eigenvalue weighted by atomic mass is 9.40. The third-order valence-electron chi connectivity index (χ3n) is 10.1. The molecule has 3 fully saturated rings. The van der Waals surface area contributed by atoms with E-state index in [0.717, 1.165) is 16.7 Å². The summed E-state index contributed by atoms with van der Waals surface area (Å²) in [6.07, 6.45) is 1.82. The smallest absolute Gasteiger partial charge is 0.335 e. The molecule has 0 amide bonds. The molecular weight excluding hydrogens is 492 g/mol. The number of ether oxygens (including phenoxy) is 3. The monoisotopic (exact) mass is 528 g/mol. The quantitative estimate of drug-likeness (QED) is 0.353. The average molecular weight is 529 g/mol. The van der Waals surface area contributed by atoms with Gasteiger partial charge in [0.2, 0.25) is 0 Å². The second-order valence-corrected chi connectivity index (χ2v) is 12.4. The van der Waals surface area contributed by atoms with Gasteiger partial charge in [-0.25, -0.2) is 4.79 Å². The van der Waals surface area contributed by atoms with Crippen LogP contribution in [0.25, 0.3) is 0 Å². The highest BCUT2D eigenvalue weighted by molar-refractivity contribution is 5.93.